The average Bonchev–Trinajstić information content (AvgIpc) is 2.76. The highest BCUT2D eigenvalue weighted by Gasteiger charge is 2.43. The maximum absolute atomic E-state index is 13.0. The van der Waals surface area contributed by atoms with E-state index in [9.17, 15) is 13.6 Å². The lowest BCUT2D eigenvalue weighted by Gasteiger charge is -2.29. The molecule has 1 atom stereocenters. The molecular weight excluding hydrogens is 292 g/mol. The van der Waals surface area contributed by atoms with Gasteiger partial charge < -0.3 is 9.64 Å². The molecule has 2 rings (SSSR count). The highest BCUT2D eigenvalue weighted by Crippen LogP contribution is 2.25. The van der Waals surface area contributed by atoms with Crippen molar-refractivity contribution in [1.29, 1.82) is 0 Å². The van der Waals surface area contributed by atoms with Gasteiger partial charge in [-0.1, -0.05) is 0 Å². The van der Waals surface area contributed by atoms with Gasteiger partial charge in [0.15, 0.2) is 0 Å². The van der Waals surface area contributed by atoms with Crippen molar-refractivity contribution in [3.63, 3.8) is 0 Å². The van der Waals surface area contributed by atoms with Crippen LogP contribution in [-0.4, -0.2) is 80.7 Å². The Hall–Kier alpha value is -0.500. The molecule has 0 saturated carbocycles. The first kappa shape index (κ1) is 17.6. The van der Waals surface area contributed by atoms with Gasteiger partial charge in [0.25, 0.3) is 5.92 Å². The lowest BCUT2D eigenvalue weighted by molar-refractivity contribution is -0.132. The summed E-state index contributed by atoms with van der Waals surface area (Å²) in [6.45, 7) is 4.07. The lowest BCUT2D eigenvalue weighted by atomic mass is 10.1. The van der Waals surface area contributed by atoms with Crippen molar-refractivity contribution in [2.24, 2.45) is 0 Å². The zero-order valence-electron chi connectivity index (χ0n) is 11.6. The number of halogens is 3. The fourth-order valence-electron chi connectivity index (χ4n) is 2.38. The summed E-state index contributed by atoms with van der Waals surface area (Å²) in [5, 5.41) is 2.59. The first-order valence-corrected chi connectivity index (χ1v) is 6.64. The Morgan fingerprint density at radius 1 is 1.45 bits per heavy atom. The third-order valence-corrected chi connectivity index (χ3v) is 3.64. The molecule has 5 nitrogen and oxygen atoms in total. The summed E-state index contributed by atoms with van der Waals surface area (Å²) in [7, 11) is 1.67. The third-order valence-electron chi connectivity index (χ3n) is 3.64. The fraction of sp³-hybridized carbons (Fsp3) is 0.917. The van der Waals surface area contributed by atoms with Crippen LogP contribution in [0.15, 0.2) is 0 Å². The van der Waals surface area contributed by atoms with Gasteiger partial charge in [-0.15, -0.1) is 12.4 Å². The van der Waals surface area contributed by atoms with E-state index >= 15 is 0 Å². The number of morpholine rings is 1. The largest absolute Gasteiger partial charge is 0.379 e. The summed E-state index contributed by atoms with van der Waals surface area (Å²) in [6.07, 6.45) is -0.395. The summed E-state index contributed by atoms with van der Waals surface area (Å²) in [5.41, 5.74) is 0. The molecule has 2 fully saturated rings. The molecule has 0 bridgehead atoms. The van der Waals surface area contributed by atoms with E-state index in [-0.39, 0.29) is 18.3 Å². The SMILES string of the molecule is CN(CCN1CCOCC1)C(=O)C1CC(F)(F)CN1.Cl. The van der Waals surface area contributed by atoms with Crippen LogP contribution < -0.4 is 5.32 Å². The number of hydrogen-bond donors (Lipinski definition) is 1. The molecule has 2 aliphatic rings. The number of carbonyl (C=O) groups excluding carboxylic acids is 1. The molecule has 0 aromatic heterocycles. The maximum Gasteiger partial charge on any atom is 0.262 e. The second kappa shape index (κ2) is 7.49. The van der Waals surface area contributed by atoms with Crippen LogP contribution in [0.1, 0.15) is 6.42 Å². The summed E-state index contributed by atoms with van der Waals surface area (Å²) in [5.74, 6) is -3.00. The first-order chi connectivity index (χ1) is 8.98. The number of nitrogens with one attached hydrogen (secondary N) is 1. The molecule has 2 aliphatic heterocycles. The van der Waals surface area contributed by atoms with Crippen LogP contribution in [0.25, 0.3) is 0 Å². The number of rotatable bonds is 4. The highest BCUT2D eigenvalue weighted by atomic mass is 35.5. The van der Waals surface area contributed by atoms with E-state index in [2.05, 4.69) is 10.2 Å². The molecule has 8 heteroatoms. The topological polar surface area (TPSA) is 44.8 Å². The number of alkyl halides is 2. The summed E-state index contributed by atoms with van der Waals surface area (Å²) in [4.78, 5) is 15.7. The molecule has 1 amide bonds. The Bertz CT molecular complexity index is 328. The van der Waals surface area contributed by atoms with E-state index in [0.29, 0.717) is 19.8 Å². The van der Waals surface area contributed by atoms with Crippen LogP contribution in [0.3, 0.4) is 0 Å². The van der Waals surface area contributed by atoms with Gasteiger partial charge in [-0.05, 0) is 0 Å². The zero-order valence-corrected chi connectivity index (χ0v) is 12.4. The van der Waals surface area contributed by atoms with Crippen molar-refractivity contribution in [2.45, 2.75) is 18.4 Å². The van der Waals surface area contributed by atoms with Gasteiger partial charge in [0.05, 0.1) is 25.8 Å². The van der Waals surface area contributed by atoms with E-state index < -0.39 is 24.9 Å². The molecule has 118 valence electrons. The number of amides is 1. The van der Waals surface area contributed by atoms with Gasteiger partial charge in [-0.25, -0.2) is 8.78 Å². The zero-order chi connectivity index (χ0) is 13.9. The predicted molar refractivity (Wildman–Crippen MR) is 73.5 cm³/mol. The van der Waals surface area contributed by atoms with Crippen LogP contribution >= 0.6 is 12.4 Å². The van der Waals surface area contributed by atoms with Gasteiger partial charge in [-0.2, -0.15) is 0 Å². The standard InChI is InChI=1S/C12H21F2N3O2.ClH/c1-16(2-3-17-4-6-19-7-5-17)11(18)10-8-12(13,14)9-15-10;/h10,15H,2-9H2,1H3;1H. The molecule has 0 spiro atoms. The molecule has 0 aromatic carbocycles. The van der Waals surface area contributed by atoms with Crippen LogP contribution in [0, 0.1) is 0 Å². The highest BCUT2D eigenvalue weighted by molar-refractivity contribution is 5.85. The second-order valence-electron chi connectivity index (χ2n) is 5.21. The summed E-state index contributed by atoms with van der Waals surface area (Å²) >= 11 is 0. The van der Waals surface area contributed by atoms with Crippen molar-refractivity contribution in [1.82, 2.24) is 15.1 Å². The first-order valence-electron chi connectivity index (χ1n) is 6.64. The van der Waals surface area contributed by atoms with E-state index in [0.717, 1.165) is 19.6 Å². The van der Waals surface area contributed by atoms with Crippen molar-refractivity contribution in [3.05, 3.63) is 0 Å². The molecule has 0 aromatic rings. The minimum Gasteiger partial charge on any atom is -0.379 e. The average molecular weight is 314 g/mol. The maximum atomic E-state index is 13.0. The fourth-order valence-corrected chi connectivity index (χ4v) is 2.38. The molecule has 0 aliphatic carbocycles. The summed E-state index contributed by atoms with van der Waals surface area (Å²) in [6, 6.07) is -0.746. The Kier molecular flexibility index (Phi) is 6.57. The van der Waals surface area contributed by atoms with Crippen molar-refractivity contribution in [2.75, 3.05) is 53.0 Å². The molecule has 0 radical (unpaired) electrons. The Morgan fingerprint density at radius 3 is 2.65 bits per heavy atom. The second-order valence-corrected chi connectivity index (χ2v) is 5.21. The quantitative estimate of drug-likeness (QED) is 0.805. The Labute approximate surface area is 124 Å². The number of hydrogen-bond acceptors (Lipinski definition) is 4. The van der Waals surface area contributed by atoms with E-state index in [1.165, 1.54) is 4.90 Å². The van der Waals surface area contributed by atoms with Gasteiger partial charge in [0, 0.05) is 39.6 Å². The minimum absolute atomic E-state index is 0. The molecule has 20 heavy (non-hydrogen) atoms. The lowest BCUT2D eigenvalue weighted by Crippen LogP contribution is -2.46. The molecular formula is C12H22ClF2N3O2. The minimum atomic E-state index is -2.76. The van der Waals surface area contributed by atoms with Crippen molar-refractivity contribution >= 4 is 18.3 Å². The Balaban J connectivity index is 0.00000200. The van der Waals surface area contributed by atoms with Crippen molar-refractivity contribution in [3.8, 4) is 0 Å². The monoisotopic (exact) mass is 313 g/mol. The molecule has 2 heterocycles. The van der Waals surface area contributed by atoms with E-state index in [1.54, 1.807) is 7.05 Å². The predicted octanol–water partition coefficient (Wildman–Crippen LogP) is 0.196. The third kappa shape index (κ3) is 4.80. The number of carbonyl (C=O) groups is 1. The van der Waals surface area contributed by atoms with Gasteiger partial charge >= 0.3 is 0 Å². The molecule has 1 unspecified atom stereocenters. The van der Waals surface area contributed by atoms with E-state index in [1.807, 2.05) is 0 Å². The number of nitrogens with zero attached hydrogens (tertiary/aromatic N) is 2. The molecule has 2 saturated heterocycles. The Morgan fingerprint density at radius 2 is 2.10 bits per heavy atom. The van der Waals surface area contributed by atoms with Crippen molar-refractivity contribution < 1.29 is 18.3 Å². The van der Waals surface area contributed by atoms with Crippen LogP contribution in [0.2, 0.25) is 0 Å². The number of ether oxygens (including phenoxy) is 1. The van der Waals surface area contributed by atoms with Crippen LogP contribution in [0.4, 0.5) is 8.78 Å². The van der Waals surface area contributed by atoms with Crippen LogP contribution in [0.5, 0.6) is 0 Å². The van der Waals surface area contributed by atoms with Gasteiger partial charge in [0.1, 0.15) is 0 Å². The van der Waals surface area contributed by atoms with Crippen LogP contribution in [-0.2, 0) is 9.53 Å². The summed E-state index contributed by atoms with van der Waals surface area (Å²) < 4.78 is 31.3. The molecule has 1 N–H and O–H groups in total. The number of likely N-dealkylation sites (N-methyl/N-ethyl adjacent to an activating group) is 1. The normalized spacial score (nSPS) is 26.1. The van der Waals surface area contributed by atoms with E-state index in [4.69, 9.17) is 4.74 Å². The van der Waals surface area contributed by atoms with Gasteiger partial charge in [0.2, 0.25) is 5.91 Å². The smallest absolute Gasteiger partial charge is 0.262 e. The van der Waals surface area contributed by atoms with Gasteiger partial charge in [-0.3, -0.25) is 15.0 Å².